The quantitative estimate of drug-likeness (QED) is 0.386. The first-order valence-electron chi connectivity index (χ1n) is 8.03. The van der Waals surface area contributed by atoms with E-state index in [1.54, 1.807) is 36.4 Å². The summed E-state index contributed by atoms with van der Waals surface area (Å²) in [4.78, 5) is 28.5. The number of carbonyl (C=O) groups is 2. The van der Waals surface area contributed by atoms with Crippen molar-refractivity contribution in [3.63, 3.8) is 0 Å². The second kappa shape index (κ2) is 7.20. The molecular weight excluding hydrogens is 330 g/mol. The summed E-state index contributed by atoms with van der Waals surface area (Å²) in [5.74, 6) is 4.90. The molecule has 0 saturated heterocycles. The highest BCUT2D eigenvalue weighted by Gasteiger charge is 2.13. The second-order valence-electron chi connectivity index (χ2n) is 6.05. The van der Waals surface area contributed by atoms with Gasteiger partial charge in [-0.25, -0.2) is 10.8 Å². The molecule has 0 unspecified atom stereocenters. The molecule has 0 saturated carbocycles. The Morgan fingerprint density at radius 3 is 2.62 bits per heavy atom. The average molecular weight is 349 g/mol. The van der Waals surface area contributed by atoms with Crippen molar-refractivity contribution in [3.05, 3.63) is 64.7 Å². The van der Waals surface area contributed by atoms with Gasteiger partial charge >= 0.3 is 0 Å². The number of nitrogens with zero attached hydrogens (tertiary/aromatic N) is 1. The maximum absolute atomic E-state index is 12.6. The van der Waals surface area contributed by atoms with Crippen LogP contribution in [0.3, 0.4) is 0 Å². The predicted molar refractivity (Wildman–Crippen MR) is 102 cm³/mol. The molecule has 1 aliphatic heterocycles. The molecule has 0 aromatic heterocycles. The number of nitrogens with one attached hydrogen (secondary N) is 2. The summed E-state index contributed by atoms with van der Waals surface area (Å²) >= 11 is 0. The molecule has 1 aliphatic rings. The third-order valence-corrected chi connectivity index (χ3v) is 3.93. The molecular formula is C19H19N5O2. The Morgan fingerprint density at radius 2 is 1.85 bits per heavy atom. The Balaban J connectivity index is 1.86. The van der Waals surface area contributed by atoms with Crippen molar-refractivity contribution >= 4 is 35.1 Å². The van der Waals surface area contributed by atoms with Crippen LogP contribution in [0, 0.1) is 0 Å². The molecule has 7 nitrogen and oxygen atoms in total. The lowest BCUT2D eigenvalue weighted by atomic mass is 10.1. The van der Waals surface area contributed by atoms with E-state index in [-0.39, 0.29) is 5.91 Å². The van der Waals surface area contributed by atoms with Crippen LogP contribution in [0.15, 0.2) is 53.0 Å². The standard InChI is InChI=1S/C19H19N5O2/c1-11-7-12-5-6-14(10-16(12)23-17(20)8-11)18(25)22-15-4-2-3-13(9-15)19(26)24-21/h2-7,9-10H,8,21H2,1H3,(H2,20,23)(H,22,25)(H,24,26). The number of hydrogen-bond donors (Lipinski definition) is 4. The molecule has 1 heterocycles. The van der Waals surface area contributed by atoms with Crippen molar-refractivity contribution in [2.45, 2.75) is 13.3 Å². The Labute approximate surface area is 150 Å². The van der Waals surface area contributed by atoms with E-state index in [9.17, 15) is 9.59 Å². The zero-order chi connectivity index (χ0) is 18.7. The van der Waals surface area contributed by atoms with Gasteiger partial charge in [0.25, 0.3) is 11.8 Å². The number of hydrazine groups is 1. The van der Waals surface area contributed by atoms with Crippen LogP contribution in [0.25, 0.3) is 6.08 Å². The van der Waals surface area contributed by atoms with Crippen LogP contribution < -0.4 is 22.3 Å². The Kier molecular flexibility index (Phi) is 4.81. The van der Waals surface area contributed by atoms with E-state index >= 15 is 0 Å². The van der Waals surface area contributed by atoms with Gasteiger partial charge in [0.1, 0.15) is 5.84 Å². The third-order valence-electron chi connectivity index (χ3n) is 3.93. The fraction of sp³-hybridized carbons (Fsp3) is 0.105. The molecule has 2 aromatic rings. The molecule has 0 aliphatic carbocycles. The van der Waals surface area contributed by atoms with Gasteiger partial charge in [-0.05, 0) is 37.3 Å². The lowest BCUT2D eigenvalue weighted by molar-refractivity contribution is 0.0952. The zero-order valence-corrected chi connectivity index (χ0v) is 14.2. The minimum absolute atomic E-state index is 0.308. The fourth-order valence-corrected chi connectivity index (χ4v) is 2.72. The topological polar surface area (TPSA) is 123 Å². The van der Waals surface area contributed by atoms with Crippen molar-refractivity contribution in [3.8, 4) is 0 Å². The highest BCUT2D eigenvalue weighted by atomic mass is 16.2. The maximum atomic E-state index is 12.6. The van der Waals surface area contributed by atoms with Crippen LogP contribution in [-0.2, 0) is 0 Å². The van der Waals surface area contributed by atoms with Crippen molar-refractivity contribution in [1.82, 2.24) is 5.43 Å². The van der Waals surface area contributed by atoms with Gasteiger partial charge in [-0.2, -0.15) is 0 Å². The highest BCUT2D eigenvalue weighted by molar-refractivity contribution is 6.06. The van der Waals surface area contributed by atoms with Gasteiger partial charge in [0.15, 0.2) is 0 Å². The van der Waals surface area contributed by atoms with Crippen LogP contribution in [0.4, 0.5) is 11.4 Å². The summed E-state index contributed by atoms with van der Waals surface area (Å²) in [6.45, 7) is 1.99. The lowest BCUT2D eigenvalue weighted by Gasteiger charge is -2.08. The Morgan fingerprint density at radius 1 is 1.08 bits per heavy atom. The number of nitrogen functional groups attached to an aromatic ring is 1. The van der Waals surface area contributed by atoms with Crippen molar-refractivity contribution in [2.75, 3.05) is 5.32 Å². The van der Waals surface area contributed by atoms with Gasteiger partial charge in [0.2, 0.25) is 0 Å². The number of hydrogen-bond acceptors (Lipinski definition) is 5. The number of amides is 2. The number of nitrogens with two attached hydrogens (primary N) is 2. The molecule has 0 radical (unpaired) electrons. The Bertz CT molecular complexity index is 947. The number of amidine groups is 1. The summed E-state index contributed by atoms with van der Waals surface area (Å²) < 4.78 is 0. The van der Waals surface area contributed by atoms with Crippen LogP contribution in [0.5, 0.6) is 0 Å². The minimum atomic E-state index is -0.432. The first-order valence-corrected chi connectivity index (χ1v) is 8.03. The first-order chi connectivity index (χ1) is 12.5. The largest absolute Gasteiger partial charge is 0.387 e. The fourth-order valence-electron chi connectivity index (χ4n) is 2.72. The Hall–Kier alpha value is -3.45. The van der Waals surface area contributed by atoms with Crippen molar-refractivity contribution in [2.24, 2.45) is 16.6 Å². The number of anilines is 1. The maximum Gasteiger partial charge on any atom is 0.265 e. The van der Waals surface area contributed by atoms with Crippen LogP contribution >= 0.6 is 0 Å². The minimum Gasteiger partial charge on any atom is -0.387 e. The molecule has 6 N–H and O–H groups in total. The summed E-state index contributed by atoms with van der Waals surface area (Å²) in [7, 11) is 0. The molecule has 0 bridgehead atoms. The smallest absolute Gasteiger partial charge is 0.265 e. The van der Waals surface area contributed by atoms with Crippen LogP contribution in [-0.4, -0.2) is 17.6 Å². The van der Waals surface area contributed by atoms with Gasteiger partial charge in [-0.3, -0.25) is 15.0 Å². The normalized spacial score (nSPS) is 13.0. The van der Waals surface area contributed by atoms with E-state index < -0.39 is 5.91 Å². The number of rotatable bonds is 3. The van der Waals surface area contributed by atoms with E-state index in [4.69, 9.17) is 11.6 Å². The number of benzene rings is 2. The van der Waals surface area contributed by atoms with Crippen LogP contribution in [0.2, 0.25) is 0 Å². The molecule has 0 spiro atoms. The monoisotopic (exact) mass is 349 g/mol. The van der Waals surface area contributed by atoms with Crippen LogP contribution in [0.1, 0.15) is 39.6 Å². The van der Waals surface area contributed by atoms with Crippen molar-refractivity contribution in [1.29, 1.82) is 0 Å². The van der Waals surface area contributed by atoms with Crippen molar-refractivity contribution < 1.29 is 9.59 Å². The van der Waals surface area contributed by atoms with Gasteiger partial charge in [0.05, 0.1) is 5.69 Å². The van der Waals surface area contributed by atoms with E-state index in [0.717, 1.165) is 11.1 Å². The van der Waals surface area contributed by atoms with E-state index in [1.807, 2.05) is 19.1 Å². The number of aliphatic imine (C=N–C) groups is 1. The van der Waals surface area contributed by atoms with E-state index in [2.05, 4.69) is 15.7 Å². The zero-order valence-electron chi connectivity index (χ0n) is 14.2. The number of carbonyl (C=O) groups excluding carboxylic acids is 2. The summed E-state index contributed by atoms with van der Waals surface area (Å²) in [5.41, 5.74) is 11.9. The molecule has 3 rings (SSSR count). The lowest BCUT2D eigenvalue weighted by Crippen LogP contribution is -2.30. The summed E-state index contributed by atoms with van der Waals surface area (Å²) in [5, 5.41) is 2.77. The first kappa shape index (κ1) is 17.4. The van der Waals surface area contributed by atoms with Gasteiger partial charge in [-0.1, -0.05) is 23.8 Å². The molecule has 26 heavy (non-hydrogen) atoms. The SMILES string of the molecule is CC1=Cc2ccc(C(=O)Nc3cccc(C(=O)NN)c3)cc2N=C(N)C1. The molecule has 132 valence electrons. The van der Waals surface area contributed by atoms with Gasteiger partial charge in [0, 0.05) is 28.8 Å². The molecule has 2 aromatic carbocycles. The van der Waals surface area contributed by atoms with Gasteiger partial charge < -0.3 is 11.1 Å². The molecule has 7 heteroatoms. The number of fused-ring (bicyclic) bond motifs is 1. The predicted octanol–water partition coefficient (Wildman–Crippen LogP) is 2.34. The van der Waals surface area contributed by atoms with E-state index in [1.165, 1.54) is 0 Å². The molecule has 0 fully saturated rings. The molecule has 2 amide bonds. The second-order valence-corrected chi connectivity index (χ2v) is 6.05. The summed E-state index contributed by atoms with van der Waals surface area (Å²) in [6.07, 6.45) is 2.61. The van der Waals surface area contributed by atoms with Gasteiger partial charge in [-0.15, -0.1) is 0 Å². The summed E-state index contributed by atoms with van der Waals surface area (Å²) in [6, 6.07) is 11.8. The average Bonchev–Trinajstić information content (AvgIpc) is 2.76. The highest BCUT2D eigenvalue weighted by Crippen LogP contribution is 2.27. The third kappa shape index (κ3) is 3.79. The molecule has 0 atom stereocenters. The van der Waals surface area contributed by atoms with E-state index in [0.29, 0.717) is 34.8 Å².